The summed E-state index contributed by atoms with van der Waals surface area (Å²) in [5, 5.41) is 4.15. The normalized spacial score (nSPS) is 12.3. The first-order valence-corrected chi connectivity index (χ1v) is 10.0. The number of benzene rings is 1. The number of anilines is 1. The first-order chi connectivity index (χ1) is 12.3. The molecule has 1 atom stereocenters. The van der Waals surface area contributed by atoms with Gasteiger partial charge >= 0.3 is 0 Å². The maximum Gasteiger partial charge on any atom is 0.262 e. The number of nitrogens with zero attached hydrogens (tertiary/aromatic N) is 2. The fraction of sp³-hybridized carbons (Fsp3) is 0.278. The van der Waals surface area contributed by atoms with Gasteiger partial charge in [-0.3, -0.25) is 14.2 Å². The van der Waals surface area contributed by atoms with E-state index in [1.807, 2.05) is 13.8 Å². The van der Waals surface area contributed by atoms with E-state index < -0.39 is 5.25 Å². The molecule has 3 rings (SSSR count). The Morgan fingerprint density at radius 3 is 2.81 bits per heavy atom. The highest BCUT2D eigenvalue weighted by atomic mass is 35.5. The van der Waals surface area contributed by atoms with Gasteiger partial charge in [0.25, 0.3) is 5.56 Å². The standard InChI is InChI=1S/C18H18ClN3O2S2/c1-9-10(2)25-16-14(9)17(24)22(4)18(21-16)26-11(3)15(23)20-13-7-5-6-12(19)8-13/h5-8,11H,1-4H3,(H,20,23). The van der Waals surface area contributed by atoms with Crippen LogP contribution in [-0.2, 0) is 11.8 Å². The fourth-order valence-electron chi connectivity index (χ4n) is 2.48. The number of amides is 1. The van der Waals surface area contributed by atoms with E-state index in [1.165, 1.54) is 27.7 Å². The van der Waals surface area contributed by atoms with Crippen LogP contribution in [0.1, 0.15) is 17.4 Å². The van der Waals surface area contributed by atoms with Gasteiger partial charge in [0.15, 0.2) is 5.16 Å². The number of halogens is 1. The molecule has 8 heteroatoms. The summed E-state index contributed by atoms with van der Waals surface area (Å²) in [4.78, 5) is 31.5. The summed E-state index contributed by atoms with van der Waals surface area (Å²) in [7, 11) is 1.69. The number of rotatable bonds is 4. The van der Waals surface area contributed by atoms with Gasteiger partial charge in [0.1, 0.15) is 4.83 Å². The second kappa shape index (κ2) is 7.42. The molecule has 0 fully saturated rings. The molecule has 26 heavy (non-hydrogen) atoms. The summed E-state index contributed by atoms with van der Waals surface area (Å²) in [5.74, 6) is -0.176. The molecule has 0 spiro atoms. The van der Waals surface area contributed by atoms with Gasteiger partial charge in [-0.05, 0) is 44.5 Å². The van der Waals surface area contributed by atoms with Crippen molar-refractivity contribution in [3.63, 3.8) is 0 Å². The minimum atomic E-state index is -0.424. The smallest absolute Gasteiger partial charge is 0.262 e. The number of aromatic nitrogens is 2. The lowest BCUT2D eigenvalue weighted by Crippen LogP contribution is -2.25. The van der Waals surface area contributed by atoms with Crippen molar-refractivity contribution in [2.45, 2.75) is 31.2 Å². The average Bonchev–Trinajstić information content (AvgIpc) is 2.86. The third-order valence-corrected chi connectivity index (χ3v) is 6.59. The third-order valence-electron chi connectivity index (χ3n) is 4.11. The van der Waals surface area contributed by atoms with Crippen LogP contribution in [0.25, 0.3) is 10.2 Å². The minimum Gasteiger partial charge on any atom is -0.325 e. The Bertz CT molecular complexity index is 1060. The van der Waals surface area contributed by atoms with Crippen molar-refractivity contribution in [3.8, 4) is 0 Å². The van der Waals surface area contributed by atoms with Crippen molar-refractivity contribution in [3.05, 3.63) is 50.1 Å². The fourth-order valence-corrected chi connectivity index (χ4v) is 4.62. The molecular formula is C18H18ClN3O2S2. The van der Waals surface area contributed by atoms with Crippen LogP contribution in [0, 0.1) is 13.8 Å². The summed E-state index contributed by atoms with van der Waals surface area (Å²) in [6.45, 7) is 5.70. The van der Waals surface area contributed by atoms with Gasteiger partial charge in [-0.1, -0.05) is 29.4 Å². The molecule has 3 aromatic rings. The molecule has 1 aromatic carbocycles. The average molecular weight is 408 g/mol. The van der Waals surface area contributed by atoms with Crippen molar-refractivity contribution in [2.75, 3.05) is 5.32 Å². The lowest BCUT2D eigenvalue weighted by atomic mass is 10.2. The second-order valence-corrected chi connectivity index (χ2v) is 8.93. The third kappa shape index (κ3) is 3.65. The summed E-state index contributed by atoms with van der Waals surface area (Å²) in [5.41, 5.74) is 1.53. The van der Waals surface area contributed by atoms with E-state index in [1.54, 1.807) is 38.2 Å². The number of carbonyl (C=O) groups excluding carboxylic acids is 1. The number of fused-ring (bicyclic) bond motifs is 1. The minimum absolute atomic E-state index is 0.0817. The van der Waals surface area contributed by atoms with Crippen LogP contribution in [0.2, 0.25) is 5.02 Å². The molecule has 0 aliphatic heterocycles. The Balaban J connectivity index is 1.85. The molecule has 0 bridgehead atoms. The maximum atomic E-state index is 12.7. The molecule has 0 aliphatic rings. The number of hydrogen-bond donors (Lipinski definition) is 1. The first kappa shape index (κ1) is 18.9. The van der Waals surface area contributed by atoms with Gasteiger partial charge in [0.2, 0.25) is 5.91 Å². The van der Waals surface area contributed by atoms with Crippen LogP contribution in [-0.4, -0.2) is 20.7 Å². The topological polar surface area (TPSA) is 64.0 Å². The molecular weight excluding hydrogens is 390 g/mol. The van der Waals surface area contributed by atoms with Crippen molar-refractivity contribution >= 4 is 56.5 Å². The lowest BCUT2D eigenvalue weighted by Gasteiger charge is -2.13. The highest BCUT2D eigenvalue weighted by molar-refractivity contribution is 8.00. The van der Waals surface area contributed by atoms with Crippen LogP contribution >= 0.6 is 34.7 Å². The molecule has 0 saturated carbocycles. The van der Waals surface area contributed by atoms with Crippen LogP contribution in [0.15, 0.2) is 34.2 Å². The Morgan fingerprint density at radius 2 is 2.12 bits per heavy atom. The Morgan fingerprint density at radius 1 is 1.38 bits per heavy atom. The van der Waals surface area contributed by atoms with Crippen molar-refractivity contribution in [2.24, 2.45) is 7.05 Å². The van der Waals surface area contributed by atoms with E-state index in [0.29, 0.717) is 26.1 Å². The van der Waals surface area contributed by atoms with Crippen molar-refractivity contribution in [1.29, 1.82) is 0 Å². The number of nitrogens with one attached hydrogen (secondary N) is 1. The Kier molecular flexibility index (Phi) is 5.41. The zero-order valence-corrected chi connectivity index (χ0v) is 17.2. The molecule has 1 unspecified atom stereocenters. The van der Waals surface area contributed by atoms with Crippen LogP contribution in [0.3, 0.4) is 0 Å². The van der Waals surface area contributed by atoms with E-state index in [-0.39, 0.29) is 11.5 Å². The Hall–Kier alpha value is -1.83. The van der Waals surface area contributed by atoms with Crippen molar-refractivity contribution in [1.82, 2.24) is 9.55 Å². The number of hydrogen-bond acceptors (Lipinski definition) is 5. The van der Waals surface area contributed by atoms with E-state index in [2.05, 4.69) is 10.3 Å². The highest BCUT2D eigenvalue weighted by Crippen LogP contribution is 2.29. The SMILES string of the molecule is Cc1sc2nc(SC(C)C(=O)Nc3cccc(Cl)c3)n(C)c(=O)c2c1C. The monoisotopic (exact) mass is 407 g/mol. The lowest BCUT2D eigenvalue weighted by molar-refractivity contribution is -0.115. The van der Waals surface area contributed by atoms with Crippen LogP contribution in [0.5, 0.6) is 0 Å². The van der Waals surface area contributed by atoms with Crippen LogP contribution < -0.4 is 10.9 Å². The molecule has 0 saturated heterocycles. The molecule has 2 aromatic heterocycles. The van der Waals surface area contributed by atoms with Gasteiger partial charge in [-0.15, -0.1) is 11.3 Å². The summed E-state index contributed by atoms with van der Waals surface area (Å²) in [6.07, 6.45) is 0. The Labute approximate surface area is 164 Å². The molecule has 0 radical (unpaired) electrons. The number of aryl methyl sites for hydroxylation is 2. The van der Waals surface area contributed by atoms with E-state index in [4.69, 9.17) is 11.6 Å². The molecule has 1 amide bonds. The predicted molar refractivity (Wildman–Crippen MR) is 110 cm³/mol. The largest absolute Gasteiger partial charge is 0.325 e. The summed E-state index contributed by atoms with van der Waals surface area (Å²) < 4.78 is 1.51. The summed E-state index contributed by atoms with van der Waals surface area (Å²) >= 11 is 8.70. The predicted octanol–water partition coefficient (Wildman–Crippen LogP) is 4.38. The van der Waals surface area contributed by atoms with E-state index in [0.717, 1.165) is 10.4 Å². The molecule has 0 aliphatic carbocycles. The first-order valence-electron chi connectivity index (χ1n) is 7.97. The number of thiophene rings is 1. The molecule has 1 N–H and O–H groups in total. The highest BCUT2D eigenvalue weighted by Gasteiger charge is 2.20. The van der Waals surface area contributed by atoms with E-state index in [9.17, 15) is 9.59 Å². The molecule has 2 heterocycles. The maximum absolute atomic E-state index is 12.7. The van der Waals surface area contributed by atoms with Gasteiger partial charge in [-0.25, -0.2) is 4.98 Å². The van der Waals surface area contributed by atoms with Crippen LogP contribution in [0.4, 0.5) is 5.69 Å². The number of carbonyl (C=O) groups is 1. The molecule has 136 valence electrons. The number of thioether (sulfide) groups is 1. The van der Waals surface area contributed by atoms with Gasteiger partial charge < -0.3 is 5.32 Å². The van der Waals surface area contributed by atoms with Gasteiger partial charge in [0, 0.05) is 22.6 Å². The molecule has 5 nitrogen and oxygen atoms in total. The summed E-state index contributed by atoms with van der Waals surface area (Å²) in [6, 6.07) is 6.98. The van der Waals surface area contributed by atoms with Crippen molar-refractivity contribution < 1.29 is 4.79 Å². The van der Waals surface area contributed by atoms with Gasteiger partial charge in [0.05, 0.1) is 10.6 Å². The van der Waals surface area contributed by atoms with E-state index >= 15 is 0 Å². The zero-order valence-electron chi connectivity index (χ0n) is 14.8. The van der Waals surface area contributed by atoms with Gasteiger partial charge in [-0.2, -0.15) is 0 Å². The zero-order chi connectivity index (χ0) is 19.0. The second-order valence-electron chi connectivity index (χ2n) is 5.98. The quantitative estimate of drug-likeness (QED) is 0.514.